The molecule has 0 aliphatic rings. The standard InChI is InChI=1S/C12H17NO3/c1-12(2,11(14)15)16-10-6-4-5-9(7-10)8-13-3/h4-7,13H,8H2,1-3H3,(H,14,15). The Bertz CT molecular complexity index is 374. The second-order valence-corrected chi connectivity index (χ2v) is 4.10. The number of carboxylic acids is 1. The first-order valence-corrected chi connectivity index (χ1v) is 5.11. The van der Waals surface area contributed by atoms with E-state index in [1.807, 2.05) is 25.2 Å². The largest absolute Gasteiger partial charge is 0.478 e. The Hall–Kier alpha value is -1.55. The highest BCUT2D eigenvalue weighted by Gasteiger charge is 2.29. The van der Waals surface area contributed by atoms with E-state index in [2.05, 4.69) is 5.32 Å². The number of benzene rings is 1. The monoisotopic (exact) mass is 223 g/mol. The van der Waals surface area contributed by atoms with Gasteiger partial charge in [-0.25, -0.2) is 4.79 Å². The maximum atomic E-state index is 10.9. The first-order valence-electron chi connectivity index (χ1n) is 5.11. The van der Waals surface area contributed by atoms with Gasteiger partial charge in [0.1, 0.15) is 5.75 Å². The van der Waals surface area contributed by atoms with Gasteiger partial charge in [0.05, 0.1) is 0 Å². The lowest BCUT2D eigenvalue weighted by atomic mass is 10.1. The predicted octanol–water partition coefficient (Wildman–Crippen LogP) is 1.65. The van der Waals surface area contributed by atoms with Gasteiger partial charge < -0.3 is 15.2 Å². The summed E-state index contributed by atoms with van der Waals surface area (Å²) in [6.45, 7) is 3.78. The lowest BCUT2D eigenvalue weighted by molar-refractivity contribution is -0.152. The van der Waals surface area contributed by atoms with Crippen molar-refractivity contribution in [1.82, 2.24) is 5.32 Å². The molecule has 0 unspecified atom stereocenters. The van der Waals surface area contributed by atoms with Gasteiger partial charge in [-0.1, -0.05) is 12.1 Å². The van der Waals surface area contributed by atoms with Crippen LogP contribution >= 0.6 is 0 Å². The van der Waals surface area contributed by atoms with Crippen molar-refractivity contribution in [1.29, 1.82) is 0 Å². The molecule has 1 aromatic rings. The maximum absolute atomic E-state index is 10.9. The van der Waals surface area contributed by atoms with E-state index < -0.39 is 11.6 Å². The molecule has 0 fully saturated rings. The summed E-state index contributed by atoms with van der Waals surface area (Å²) >= 11 is 0. The fourth-order valence-electron chi connectivity index (χ4n) is 1.26. The van der Waals surface area contributed by atoms with Crippen LogP contribution in [-0.2, 0) is 11.3 Å². The van der Waals surface area contributed by atoms with Crippen LogP contribution in [0.5, 0.6) is 5.75 Å². The number of nitrogens with one attached hydrogen (secondary N) is 1. The molecule has 0 saturated carbocycles. The molecule has 0 amide bonds. The molecule has 0 radical (unpaired) electrons. The van der Waals surface area contributed by atoms with E-state index in [-0.39, 0.29) is 0 Å². The summed E-state index contributed by atoms with van der Waals surface area (Å²) in [5.41, 5.74) is -0.153. The van der Waals surface area contributed by atoms with Gasteiger partial charge in [-0.05, 0) is 38.6 Å². The molecule has 88 valence electrons. The number of carbonyl (C=O) groups is 1. The molecular formula is C12H17NO3. The van der Waals surface area contributed by atoms with E-state index in [1.54, 1.807) is 6.07 Å². The van der Waals surface area contributed by atoms with Crippen LogP contribution in [0.4, 0.5) is 0 Å². The van der Waals surface area contributed by atoms with Crippen molar-refractivity contribution in [3.63, 3.8) is 0 Å². The van der Waals surface area contributed by atoms with E-state index in [0.29, 0.717) is 5.75 Å². The van der Waals surface area contributed by atoms with Crippen LogP contribution in [0.25, 0.3) is 0 Å². The third kappa shape index (κ3) is 3.24. The summed E-state index contributed by atoms with van der Waals surface area (Å²) in [7, 11) is 1.86. The molecule has 4 nitrogen and oxygen atoms in total. The van der Waals surface area contributed by atoms with Gasteiger partial charge in [-0.3, -0.25) is 0 Å². The van der Waals surface area contributed by atoms with Crippen molar-refractivity contribution in [2.45, 2.75) is 26.0 Å². The van der Waals surface area contributed by atoms with Gasteiger partial charge in [0.15, 0.2) is 5.60 Å². The van der Waals surface area contributed by atoms with Crippen molar-refractivity contribution in [3.8, 4) is 5.75 Å². The molecule has 1 rings (SSSR count). The quantitative estimate of drug-likeness (QED) is 0.796. The summed E-state index contributed by atoms with van der Waals surface area (Å²) in [5, 5.41) is 12.0. The number of aliphatic carboxylic acids is 1. The molecular weight excluding hydrogens is 206 g/mol. The number of hydrogen-bond acceptors (Lipinski definition) is 3. The van der Waals surface area contributed by atoms with Gasteiger partial charge in [0, 0.05) is 6.54 Å². The average Bonchev–Trinajstić information content (AvgIpc) is 2.17. The van der Waals surface area contributed by atoms with Crippen LogP contribution in [-0.4, -0.2) is 23.7 Å². The minimum Gasteiger partial charge on any atom is -0.478 e. The van der Waals surface area contributed by atoms with E-state index >= 15 is 0 Å². The van der Waals surface area contributed by atoms with Crippen LogP contribution in [0.2, 0.25) is 0 Å². The molecule has 16 heavy (non-hydrogen) atoms. The smallest absolute Gasteiger partial charge is 0.347 e. The Morgan fingerprint density at radius 3 is 2.75 bits per heavy atom. The van der Waals surface area contributed by atoms with E-state index in [4.69, 9.17) is 9.84 Å². The van der Waals surface area contributed by atoms with Crippen molar-refractivity contribution in [2.75, 3.05) is 7.05 Å². The number of ether oxygens (including phenoxy) is 1. The first-order chi connectivity index (χ1) is 7.45. The molecule has 0 aliphatic carbocycles. The molecule has 0 spiro atoms. The van der Waals surface area contributed by atoms with Gasteiger partial charge in [-0.2, -0.15) is 0 Å². The van der Waals surface area contributed by atoms with Gasteiger partial charge in [-0.15, -0.1) is 0 Å². The summed E-state index contributed by atoms with van der Waals surface area (Å²) in [6, 6.07) is 7.39. The topological polar surface area (TPSA) is 58.6 Å². The van der Waals surface area contributed by atoms with Crippen molar-refractivity contribution in [3.05, 3.63) is 29.8 Å². The fourth-order valence-corrected chi connectivity index (χ4v) is 1.26. The minimum absolute atomic E-state index is 0.570. The second-order valence-electron chi connectivity index (χ2n) is 4.10. The molecule has 0 atom stereocenters. The normalized spacial score (nSPS) is 11.2. The third-order valence-corrected chi connectivity index (χ3v) is 2.17. The van der Waals surface area contributed by atoms with Crippen molar-refractivity contribution in [2.24, 2.45) is 0 Å². The zero-order valence-electron chi connectivity index (χ0n) is 9.78. The molecule has 2 N–H and O–H groups in total. The van der Waals surface area contributed by atoms with E-state index in [9.17, 15) is 4.79 Å². The predicted molar refractivity (Wildman–Crippen MR) is 61.5 cm³/mol. The molecule has 0 aromatic heterocycles. The second kappa shape index (κ2) is 4.99. The van der Waals surface area contributed by atoms with Crippen molar-refractivity contribution < 1.29 is 14.6 Å². The Labute approximate surface area is 95.2 Å². The highest BCUT2D eigenvalue weighted by Crippen LogP contribution is 2.19. The van der Waals surface area contributed by atoms with Crippen molar-refractivity contribution >= 4 is 5.97 Å². The van der Waals surface area contributed by atoms with E-state index in [0.717, 1.165) is 12.1 Å². The Morgan fingerprint density at radius 2 is 2.19 bits per heavy atom. The highest BCUT2D eigenvalue weighted by atomic mass is 16.5. The van der Waals surface area contributed by atoms with Crippen LogP contribution in [0, 0.1) is 0 Å². The molecule has 0 aliphatic heterocycles. The maximum Gasteiger partial charge on any atom is 0.347 e. The SMILES string of the molecule is CNCc1cccc(OC(C)(C)C(=O)O)c1. The van der Waals surface area contributed by atoms with Crippen LogP contribution in [0.3, 0.4) is 0 Å². The van der Waals surface area contributed by atoms with Crippen LogP contribution < -0.4 is 10.1 Å². The summed E-state index contributed by atoms with van der Waals surface area (Å²) < 4.78 is 5.42. The lowest BCUT2D eigenvalue weighted by Gasteiger charge is -2.21. The van der Waals surface area contributed by atoms with Gasteiger partial charge in [0.25, 0.3) is 0 Å². The summed E-state index contributed by atoms with van der Waals surface area (Å²) in [4.78, 5) is 10.9. The zero-order chi connectivity index (χ0) is 12.2. The average molecular weight is 223 g/mol. The molecule has 1 aromatic carbocycles. The molecule has 0 saturated heterocycles. The lowest BCUT2D eigenvalue weighted by Crippen LogP contribution is -2.37. The van der Waals surface area contributed by atoms with Crippen LogP contribution in [0.1, 0.15) is 19.4 Å². The van der Waals surface area contributed by atoms with Gasteiger partial charge in [0.2, 0.25) is 0 Å². The Balaban J connectivity index is 2.81. The highest BCUT2D eigenvalue weighted by molar-refractivity contribution is 5.76. The third-order valence-electron chi connectivity index (χ3n) is 2.17. The zero-order valence-corrected chi connectivity index (χ0v) is 9.78. The first kappa shape index (κ1) is 12.5. The fraction of sp³-hybridized carbons (Fsp3) is 0.417. The van der Waals surface area contributed by atoms with Gasteiger partial charge >= 0.3 is 5.97 Å². The summed E-state index contributed by atoms with van der Waals surface area (Å²) in [5.74, 6) is -0.410. The number of hydrogen-bond donors (Lipinski definition) is 2. The Kier molecular flexibility index (Phi) is 3.90. The number of carboxylic acid groups (broad SMARTS) is 1. The van der Waals surface area contributed by atoms with Crippen LogP contribution in [0.15, 0.2) is 24.3 Å². The minimum atomic E-state index is -1.21. The molecule has 4 heteroatoms. The number of rotatable bonds is 5. The molecule has 0 heterocycles. The summed E-state index contributed by atoms with van der Waals surface area (Å²) in [6.07, 6.45) is 0. The Morgan fingerprint density at radius 1 is 1.50 bits per heavy atom. The van der Waals surface area contributed by atoms with E-state index in [1.165, 1.54) is 13.8 Å². The molecule has 0 bridgehead atoms.